The smallest absolute Gasteiger partial charge is 0.251 e. The first kappa shape index (κ1) is 19.2. The Morgan fingerprint density at radius 1 is 1.14 bits per heavy atom. The van der Waals surface area contributed by atoms with E-state index < -0.39 is 0 Å². The highest BCUT2D eigenvalue weighted by Gasteiger charge is 2.18. The number of hydrogen-bond acceptors (Lipinski definition) is 4. The Balaban J connectivity index is 1.44. The van der Waals surface area contributed by atoms with Gasteiger partial charge in [0.05, 0.1) is 5.69 Å². The molecule has 2 heterocycles. The second kappa shape index (κ2) is 8.88. The van der Waals surface area contributed by atoms with Crippen molar-refractivity contribution < 1.29 is 9.53 Å². The normalized spacial score (nSPS) is 13.8. The van der Waals surface area contributed by atoms with E-state index in [9.17, 15) is 4.79 Å². The fourth-order valence-corrected chi connectivity index (χ4v) is 3.44. The molecule has 1 amide bonds. The zero-order valence-electron chi connectivity index (χ0n) is 16.6. The summed E-state index contributed by atoms with van der Waals surface area (Å²) in [7, 11) is 0. The van der Waals surface area contributed by atoms with Crippen LogP contribution in [0.5, 0.6) is 5.75 Å². The molecule has 1 aliphatic rings. The van der Waals surface area contributed by atoms with Gasteiger partial charge in [-0.15, -0.1) is 0 Å². The van der Waals surface area contributed by atoms with Crippen LogP contribution in [0.2, 0.25) is 0 Å². The van der Waals surface area contributed by atoms with E-state index in [0.717, 1.165) is 42.2 Å². The molecule has 5 nitrogen and oxygen atoms in total. The van der Waals surface area contributed by atoms with Crippen molar-refractivity contribution in [1.82, 2.24) is 15.2 Å². The maximum Gasteiger partial charge on any atom is 0.251 e. The summed E-state index contributed by atoms with van der Waals surface area (Å²) in [6.07, 6.45) is 1.81. The zero-order chi connectivity index (χ0) is 20.1. The molecule has 0 spiro atoms. The molecule has 1 aliphatic heterocycles. The summed E-state index contributed by atoms with van der Waals surface area (Å²) in [5.74, 6) is 0.775. The molecule has 0 fully saturated rings. The molecule has 0 atom stereocenters. The third kappa shape index (κ3) is 5.00. The number of pyridine rings is 1. The number of nitrogens with one attached hydrogen (secondary N) is 1. The molecule has 1 aromatic heterocycles. The van der Waals surface area contributed by atoms with Crippen LogP contribution in [0.3, 0.4) is 0 Å². The van der Waals surface area contributed by atoms with Crippen molar-refractivity contribution in [2.24, 2.45) is 0 Å². The maximum absolute atomic E-state index is 12.7. The van der Waals surface area contributed by atoms with Gasteiger partial charge in [0.1, 0.15) is 12.4 Å². The summed E-state index contributed by atoms with van der Waals surface area (Å²) >= 11 is 0. The van der Waals surface area contributed by atoms with E-state index in [4.69, 9.17) is 4.74 Å². The van der Waals surface area contributed by atoms with Gasteiger partial charge in [-0.05, 0) is 42.8 Å². The van der Waals surface area contributed by atoms with E-state index in [0.29, 0.717) is 18.7 Å². The van der Waals surface area contributed by atoms with Crippen LogP contribution in [0.1, 0.15) is 32.7 Å². The summed E-state index contributed by atoms with van der Waals surface area (Å²) in [4.78, 5) is 19.4. The minimum atomic E-state index is -0.0751. The molecule has 148 valence electrons. The lowest BCUT2D eigenvalue weighted by atomic mass is 10.1. The minimum absolute atomic E-state index is 0.0751. The van der Waals surface area contributed by atoms with Crippen molar-refractivity contribution in [3.05, 3.63) is 94.8 Å². The van der Waals surface area contributed by atoms with Crippen molar-refractivity contribution in [1.29, 1.82) is 0 Å². The molecule has 5 heteroatoms. The molecular formula is C24H25N3O2. The SMILES string of the molecule is Cc1ccc(CNC(=O)c2ccc3c(c2)CN(Cc2ccccn2)CCO3)cc1. The Morgan fingerprint density at radius 2 is 2.00 bits per heavy atom. The van der Waals surface area contributed by atoms with Crippen LogP contribution in [0.4, 0.5) is 0 Å². The molecule has 0 saturated heterocycles. The van der Waals surface area contributed by atoms with Crippen molar-refractivity contribution in [3.63, 3.8) is 0 Å². The van der Waals surface area contributed by atoms with Gasteiger partial charge in [0, 0.05) is 43.5 Å². The second-order valence-electron chi connectivity index (χ2n) is 7.37. The number of aryl methyl sites for hydroxylation is 1. The number of nitrogens with zero attached hydrogens (tertiary/aromatic N) is 2. The number of hydrogen-bond donors (Lipinski definition) is 1. The van der Waals surface area contributed by atoms with Gasteiger partial charge in [-0.2, -0.15) is 0 Å². The number of amides is 1. The van der Waals surface area contributed by atoms with E-state index in [1.165, 1.54) is 5.56 Å². The number of aromatic nitrogens is 1. The van der Waals surface area contributed by atoms with Gasteiger partial charge in [0.2, 0.25) is 0 Å². The van der Waals surface area contributed by atoms with Gasteiger partial charge in [-0.1, -0.05) is 35.9 Å². The zero-order valence-corrected chi connectivity index (χ0v) is 16.6. The quantitative estimate of drug-likeness (QED) is 0.725. The van der Waals surface area contributed by atoms with Crippen LogP contribution in [-0.2, 0) is 19.6 Å². The summed E-state index contributed by atoms with van der Waals surface area (Å²) < 4.78 is 5.90. The fraction of sp³-hybridized carbons (Fsp3) is 0.250. The van der Waals surface area contributed by atoms with Crippen molar-refractivity contribution in [2.75, 3.05) is 13.2 Å². The largest absolute Gasteiger partial charge is 0.492 e. The average molecular weight is 387 g/mol. The van der Waals surface area contributed by atoms with Gasteiger partial charge in [-0.3, -0.25) is 14.7 Å². The number of fused-ring (bicyclic) bond motifs is 1. The molecule has 0 aliphatic carbocycles. The van der Waals surface area contributed by atoms with E-state index in [2.05, 4.69) is 34.3 Å². The lowest BCUT2D eigenvalue weighted by Crippen LogP contribution is -2.26. The van der Waals surface area contributed by atoms with Crippen LogP contribution in [0.25, 0.3) is 0 Å². The first-order valence-electron chi connectivity index (χ1n) is 9.89. The maximum atomic E-state index is 12.7. The van der Waals surface area contributed by atoms with Crippen LogP contribution in [0, 0.1) is 6.92 Å². The molecule has 1 N–H and O–H groups in total. The number of carbonyl (C=O) groups is 1. The lowest BCUT2D eigenvalue weighted by molar-refractivity contribution is 0.0950. The number of ether oxygens (including phenoxy) is 1. The van der Waals surface area contributed by atoms with Crippen LogP contribution in [0.15, 0.2) is 66.9 Å². The Hall–Kier alpha value is -3.18. The van der Waals surface area contributed by atoms with Crippen LogP contribution >= 0.6 is 0 Å². The third-order valence-corrected chi connectivity index (χ3v) is 5.07. The van der Waals surface area contributed by atoms with Crippen LogP contribution < -0.4 is 10.1 Å². The molecule has 2 aromatic carbocycles. The van der Waals surface area contributed by atoms with Gasteiger partial charge in [0.15, 0.2) is 0 Å². The molecule has 4 rings (SSSR count). The molecule has 29 heavy (non-hydrogen) atoms. The predicted molar refractivity (Wildman–Crippen MR) is 113 cm³/mol. The topological polar surface area (TPSA) is 54.5 Å². The third-order valence-electron chi connectivity index (χ3n) is 5.07. The summed E-state index contributed by atoms with van der Waals surface area (Å²) in [6.45, 7) is 5.49. The van der Waals surface area contributed by atoms with Crippen molar-refractivity contribution in [3.8, 4) is 5.75 Å². The molecule has 3 aromatic rings. The molecule has 0 unspecified atom stereocenters. The highest BCUT2D eigenvalue weighted by molar-refractivity contribution is 5.94. The Labute approximate surface area is 171 Å². The van der Waals surface area contributed by atoms with E-state index in [-0.39, 0.29) is 5.91 Å². The number of rotatable bonds is 5. The van der Waals surface area contributed by atoms with E-state index in [1.807, 2.05) is 54.7 Å². The molecule has 0 saturated carbocycles. The number of benzene rings is 2. The molecular weight excluding hydrogens is 362 g/mol. The second-order valence-corrected chi connectivity index (χ2v) is 7.37. The van der Waals surface area contributed by atoms with Gasteiger partial charge >= 0.3 is 0 Å². The van der Waals surface area contributed by atoms with E-state index >= 15 is 0 Å². The Morgan fingerprint density at radius 3 is 2.79 bits per heavy atom. The van der Waals surface area contributed by atoms with E-state index in [1.54, 1.807) is 0 Å². The summed E-state index contributed by atoms with van der Waals surface area (Å²) in [5.41, 5.74) is 5.01. The monoisotopic (exact) mass is 387 g/mol. The highest BCUT2D eigenvalue weighted by Crippen LogP contribution is 2.25. The van der Waals surface area contributed by atoms with Gasteiger partial charge in [-0.25, -0.2) is 0 Å². The fourth-order valence-electron chi connectivity index (χ4n) is 3.44. The lowest BCUT2D eigenvalue weighted by Gasteiger charge is -2.18. The number of carbonyl (C=O) groups excluding carboxylic acids is 1. The van der Waals surface area contributed by atoms with Crippen LogP contribution in [-0.4, -0.2) is 28.9 Å². The molecule has 0 radical (unpaired) electrons. The summed E-state index contributed by atoms with van der Waals surface area (Å²) in [5, 5.41) is 3.00. The Bertz CT molecular complexity index is 971. The Kier molecular flexibility index (Phi) is 5.86. The average Bonchev–Trinajstić information content (AvgIpc) is 2.95. The van der Waals surface area contributed by atoms with Gasteiger partial charge in [0.25, 0.3) is 5.91 Å². The summed E-state index contributed by atoms with van der Waals surface area (Å²) in [6, 6.07) is 19.8. The minimum Gasteiger partial charge on any atom is -0.492 e. The van der Waals surface area contributed by atoms with Gasteiger partial charge < -0.3 is 10.1 Å². The van der Waals surface area contributed by atoms with Crippen molar-refractivity contribution in [2.45, 2.75) is 26.6 Å². The molecule has 0 bridgehead atoms. The first-order chi connectivity index (χ1) is 14.2. The first-order valence-corrected chi connectivity index (χ1v) is 9.89. The standard InChI is InChI=1S/C24H25N3O2/c1-18-5-7-19(8-6-18)15-26-24(28)20-9-10-23-21(14-20)16-27(12-13-29-23)17-22-4-2-3-11-25-22/h2-11,14H,12-13,15-17H2,1H3,(H,26,28). The predicted octanol–water partition coefficient (Wildman–Crippen LogP) is 3.71. The van der Waals surface area contributed by atoms with Crippen molar-refractivity contribution >= 4 is 5.91 Å². The highest BCUT2D eigenvalue weighted by atomic mass is 16.5.